The molecule has 1 heterocycles. The van der Waals surface area contributed by atoms with Gasteiger partial charge in [-0.3, -0.25) is 13.9 Å². The maximum atomic E-state index is 12.8. The van der Waals surface area contributed by atoms with Crippen LogP contribution in [0.2, 0.25) is 0 Å². The molecule has 1 amide bonds. The zero-order chi connectivity index (χ0) is 23.0. The molecule has 162 valence electrons. The van der Waals surface area contributed by atoms with Crippen molar-refractivity contribution in [3.05, 3.63) is 48.5 Å². The normalized spacial score (nSPS) is 17.2. The number of carbonyl (C=O) groups is 2. The highest BCUT2D eigenvalue weighted by Gasteiger charge is 2.42. The Hall–Kier alpha value is -3.53. The van der Waals surface area contributed by atoms with Gasteiger partial charge in [0.05, 0.1) is 5.69 Å². The summed E-state index contributed by atoms with van der Waals surface area (Å²) in [7, 11) is -9.47. The Morgan fingerprint density at radius 1 is 0.935 bits per heavy atom. The number of hydrazone groups is 1. The average Bonchev–Trinajstić information content (AvgIpc) is 3.02. The molecule has 1 atom stereocenters. The summed E-state index contributed by atoms with van der Waals surface area (Å²) in [5.41, 5.74) is -1.63. The Kier molecular flexibility index (Phi) is 5.68. The van der Waals surface area contributed by atoms with Crippen molar-refractivity contribution in [2.75, 3.05) is 5.01 Å². The molecular weight excluding hydrogens is 456 g/mol. The van der Waals surface area contributed by atoms with E-state index in [1.165, 1.54) is 24.3 Å². The van der Waals surface area contributed by atoms with Crippen LogP contribution in [-0.2, 0) is 29.8 Å². The molecule has 2 aromatic rings. The minimum atomic E-state index is -4.79. The lowest BCUT2D eigenvalue weighted by atomic mass is 10.2. The molecule has 1 unspecified atom stereocenters. The maximum absolute atomic E-state index is 12.8. The quantitative estimate of drug-likeness (QED) is 0.410. The molecule has 0 aromatic heterocycles. The van der Waals surface area contributed by atoms with E-state index in [0.717, 1.165) is 24.3 Å². The third kappa shape index (κ3) is 4.48. The van der Waals surface area contributed by atoms with Gasteiger partial charge in [-0.25, -0.2) is 4.79 Å². The first-order valence-corrected chi connectivity index (χ1v) is 11.0. The van der Waals surface area contributed by atoms with E-state index in [1.807, 2.05) is 0 Å². The molecule has 0 fully saturated rings. The van der Waals surface area contributed by atoms with Crippen LogP contribution in [0.25, 0.3) is 0 Å². The van der Waals surface area contributed by atoms with E-state index in [-0.39, 0.29) is 5.69 Å². The van der Waals surface area contributed by atoms with Gasteiger partial charge in [0.25, 0.3) is 26.1 Å². The number of carboxylic acids is 1. The molecule has 3 N–H and O–H groups in total. The highest BCUT2D eigenvalue weighted by Crippen LogP contribution is 2.30. The maximum Gasteiger partial charge on any atom is 0.355 e. The lowest BCUT2D eigenvalue weighted by molar-refractivity contribution is -0.130. The van der Waals surface area contributed by atoms with Crippen molar-refractivity contribution in [3.8, 4) is 0 Å². The molecule has 0 bridgehead atoms. The molecule has 3 rings (SSSR count). The number of hydrogen-bond donors (Lipinski definition) is 3. The summed E-state index contributed by atoms with van der Waals surface area (Å²) in [5.74, 6) is -2.80. The molecule has 1 aliphatic heterocycles. The third-order valence-electron chi connectivity index (χ3n) is 3.92. The summed E-state index contributed by atoms with van der Waals surface area (Å²) in [5, 5.41) is 20.5. The van der Waals surface area contributed by atoms with Crippen molar-refractivity contribution < 1.29 is 40.6 Å². The number of carbonyl (C=O) groups excluding carboxylic acids is 1. The molecule has 0 radical (unpaired) electrons. The standard InChI is InChI=1S/C16H12N4O9S2/c21-15-13(18-17-9-5-1-3-7-11(9)30(24,25)26)14(16(22)23)19-20(15)10-6-2-4-8-12(10)31(27,28)29/h1-8,13H,(H,22,23)(H,24,25,26)(H,27,28,29). The summed E-state index contributed by atoms with van der Waals surface area (Å²) < 4.78 is 64.7. The van der Waals surface area contributed by atoms with Crippen LogP contribution in [0.15, 0.2) is 73.7 Å². The molecule has 13 nitrogen and oxygen atoms in total. The summed E-state index contributed by atoms with van der Waals surface area (Å²) in [4.78, 5) is 23.0. The van der Waals surface area contributed by atoms with Gasteiger partial charge in [0, 0.05) is 0 Å². The summed E-state index contributed by atoms with van der Waals surface area (Å²) in [6.45, 7) is 0. The highest BCUT2D eigenvalue weighted by atomic mass is 32.2. The van der Waals surface area contributed by atoms with Crippen LogP contribution >= 0.6 is 0 Å². The van der Waals surface area contributed by atoms with Crippen LogP contribution in [-0.4, -0.2) is 54.7 Å². The minimum absolute atomic E-state index is 0.376. The van der Waals surface area contributed by atoms with Crippen LogP contribution in [0.3, 0.4) is 0 Å². The fraction of sp³-hybridized carbons (Fsp3) is 0.0625. The van der Waals surface area contributed by atoms with E-state index >= 15 is 0 Å². The number of para-hydroxylation sites is 1. The van der Waals surface area contributed by atoms with E-state index in [9.17, 15) is 40.6 Å². The molecule has 1 aliphatic rings. The number of amides is 1. The number of rotatable bonds is 6. The predicted octanol–water partition coefficient (Wildman–Crippen LogP) is 1.12. The lowest BCUT2D eigenvalue weighted by Crippen LogP contribution is -2.33. The number of hydrogen-bond acceptors (Lipinski definition) is 9. The first kappa shape index (κ1) is 22.2. The van der Waals surface area contributed by atoms with Crippen molar-refractivity contribution >= 4 is 49.2 Å². The van der Waals surface area contributed by atoms with Crippen LogP contribution < -0.4 is 5.01 Å². The largest absolute Gasteiger partial charge is 0.477 e. The van der Waals surface area contributed by atoms with Crippen LogP contribution in [0.4, 0.5) is 11.4 Å². The molecule has 0 saturated carbocycles. The van der Waals surface area contributed by atoms with Gasteiger partial charge in [0.1, 0.15) is 15.5 Å². The first-order chi connectivity index (χ1) is 14.4. The van der Waals surface area contributed by atoms with Gasteiger partial charge in [-0.15, -0.1) is 0 Å². The summed E-state index contributed by atoms with van der Waals surface area (Å²) in [6, 6.07) is 7.63. The van der Waals surface area contributed by atoms with Crippen LogP contribution in [0.5, 0.6) is 0 Å². The fourth-order valence-corrected chi connectivity index (χ4v) is 3.90. The van der Waals surface area contributed by atoms with Gasteiger partial charge in [-0.05, 0) is 24.3 Å². The third-order valence-corrected chi connectivity index (χ3v) is 5.73. The van der Waals surface area contributed by atoms with Crippen LogP contribution in [0.1, 0.15) is 0 Å². The van der Waals surface area contributed by atoms with E-state index < -0.39 is 59.3 Å². The Balaban J connectivity index is 2.06. The van der Waals surface area contributed by atoms with E-state index in [0.29, 0.717) is 5.01 Å². The summed E-state index contributed by atoms with van der Waals surface area (Å²) in [6.07, 6.45) is 0. The first-order valence-electron chi connectivity index (χ1n) is 8.11. The second-order valence-corrected chi connectivity index (χ2v) is 8.72. The zero-order valence-corrected chi connectivity index (χ0v) is 16.7. The van der Waals surface area contributed by atoms with Gasteiger partial charge >= 0.3 is 5.97 Å². The molecule has 0 aliphatic carbocycles. The van der Waals surface area contributed by atoms with E-state index in [1.54, 1.807) is 0 Å². The Labute approximate surface area is 174 Å². The topological polar surface area (TPSA) is 203 Å². The molecule has 15 heteroatoms. The number of aliphatic carboxylic acids is 1. The zero-order valence-electron chi connectivity index (χ0n) is 15.1. The van der Waals surface area contributed by atoms with Crippen molar-refractivity contribution in [3.63, 3.8) is 0 Å². The van der Waals surface area contributed by atoms with Crippen molar-refractivity contribution in [1.82, 2.24) is 0 Å². The predicted molar refractivity (Wildman–Crippen MR) is 103 cm³/mol. The lowest BCUT2D eigenvalue weighted by Gasteiger charge is -2.15. The fourth-order valence-electron chi connectivity index (χ4n) is 2.61. The van der Waals surface area contributed by atoms with Crippen molar-refractivity contribution in [2.45, 2.75) is 15.8 Å². The SMILES string of the molecule is O=C(O)C1=NN(c2ccccc2S(=O)(=O)O)C(=O)C1N=Nc1ccccc1S(=O)(=O)O. The highest BCUT2D eigenvalue weighted by molar-refractivity contribution is 7.86. The van der Waals surface area contributed by atoms with Crippen molar-refractivity contribution in [1.29, 1.82) is 0 Å². The van der Waals surface area contributed by atoms with E-state index in [2.05, 4.69) is 15.3 Å². The smallest absolute Gasteiger partial charge is 0.355 e. The molecule has 0 spiro atoms. The number of azo groups is 1. The van der Waals surface area contributed by atoms with Gasteiger partial charge in [0.15, 0.2) is 5.71 Å². The number of benzene rings is 2. The molecule has 0 saturated heterocycles. The van der Waals surface area contributed by atoms with Gasteiger partial charge < -0.3 is 5.11 Å². The molecule has 2 aromatic carbocycles. The second-order valence-electron chi connectivity index (χ2n) is 5.94. The summed E-state index contributed by atoms with van der Waals surface area (Å²) >= 11 is 0. The number of nitrogens with zero attached hydrogens (tertiary/aromatic N) is 4. The molecular formula is C16H12N4O9S2. The monoisotopic (exact) mass is 468 g/mol. The average molecular weight is 468 g/mol. The van der Waals surface area contributed by atoms with Gasteiger partial charge in [0.2, 0.25) is 6.04 Å². The minimum Gasteiger partial charge on any atom is -0.477 e. The Morgan fingerprint density at radius 3 is 2.06 bits per heavy atom. The molecule has 31 heavy (non-hydrogen) atoms. The van der Waals surface area contributed by atoms with Crippen molar-refractivity contribution in [2.24, 2.45) is 15.3 Å². The second kappa shape index (κ2) is 7.95. The van der Waals surface area contributed by atoms with Gasteiger partial charge in [-0.1, -0.05) is 24.3 Å². The van der Waals surface area contributed by atoms with Crippen LogP contribution in [0, 0.1) is 0 Å². The Bertz CT molecular complexity index is 1350. The van der Waals surface area contributed by atoms with E-state index in [4.69, 9.17) is 0 Å². The Morgan fingerprint density at radius 2 is 1.48 bits per heavy atom. The number of anilines is 1. The van der Waals surface area contributed by atoms with Gasteiger partial charge in [-0.2, -0.15) is 37.2 Å². The number of carboxylic acid groups (broad SMARTS) is 1.